The van der Waals surface area contributed by atoms with Gasteiger partial charge >= 0.3 is 5.97 Å². The quantitative estimate of drug-likeness (QED) is 0.771. The van der Waals surface area contributed by atoms with E-state index in [-0.39, 0.29) is 5.75 Å². The van der Waals surface area contributed by atoms with E-state index in [2.05, 4.69) is 0 Å². The van der Waals surface area contributed by atoms with Crippen molar-refractivity contribution in [2.75, 3.05) is 31.6 Å². The Balaban J connectivity index is 2.55. The molecule has 0 aromatic carbocycles. The van der Waals surface area contributed by atoms with Crippen LogP contribution in [0.4, 0.5) is 0 Å². The fraction of sp³-hybridized carbons (Fsp3) is 0.900. The van der Waals surface area contributed by atoms with Crippen LogP contribution in [0.1, 0.15) is 19.8 Å². The molecule has 0 radical (unpaired) electrons. The zero-order valence-corrected chi connectivity index (χ0v) is 10.6. The molecule has 1 atom stereocenters. The molecule has 0 aliphatic carbocycles. The number of likely N-dealkylation sites (tertiary alicyclic amines) is 1. The molecule has 16 heavy (non-hydrogen) atoms. The number of carboxylic acid groups (broad SMARTS) is 1. The summed E-state index contributed by atoms with van der Waals surface area (Å²) >= 11 is 0. The van der Waals surface area contributed by atoms with Gasteiger partial charge in [-0.15, -0.1) is 0 Å². The van der Waals surface area contributed by atoms with E-state index >= 15 is 0 Å². The van der Waals surface area contributed by atoms with Crippen molar-refractivity contribution in [1.82, 2.24) is 4.90 Å². The minimum absolute atomic E-state index is 0.0999. The molecule has 0 aromatic heterocycles. The zero-order chi connectivity index (χ0) is 12.4. The van der Waals surface area contributed by atoms with Gasteiger partial charge in [0.1, 0.15) is 9.84 Å². The molecule has 94 valence electrons. The maximum atomic E-state index is 11.1. The van der Waals surface area contributed by atoms with Gasteiger partial charge in [0.25, 0.3) is 0 Å². The molecule has 0 amide bonds. The maximum Gasteiger partial charge on any atom is 0.310 e. The summed E-state index contributed by atoms with van der Waals surface area (Å²) in [7, 11) is -2.97. The van der Waals surface area contributed by atoms with Gasteiger partial charge in [0, 0.05) is 19.3 Å². The van der Waals surface area contributed by atoms with E-state index in [4.69, 9.17) is 5.11 Å². The SMILES string of the molecule is CC1(C(=O)O)CCCN(CCS(C)(=O)=O)C1. The molecule has 0 spiro atoms. The van der Waals surface area contributed by atoms with E-state index < -0.39 is 21.2 Å². The van der Waals surface area contributed by atoms with Gasteiger partial charge in [0.05, 0.1) is 11.2 Å². The molecule has 0 saturated carbocycles. The van der Waals surface area contributed by atoms with Crippen molar-refractivity contribution in [3.8, 4) is 0 Å². The summed E-state index contributed by atoms with van der Waals surface area (Å²) in [5.74, 6) is -0.695. The second-order valence-corrected chi connectivity index (χ2v) is 7.14. The van der Waals surface area contributed by atoms with E-state index in [1.54, 1.807) is 6.92 Å². The number of hydrogen-bond donors (Lipinski definition) is 1. The van der Waals surface area contributed by atoms with Crippen LogP contribution < -0.4 is 0 Å². The molecule has 1 saturated heterocycles. The lowest BCUT2D eigenvalue weighted by Crippen LogP contribution is -2.47. The van der Waals surface area contributed by atoms with Crippen molar-refractivity contribution in [2.45, 2.75) is 19.8 Å². The van der Waals surface area contributed by atoms with E-state index in [1.165, 1.54) is 6.26 Å². The highest BCUT2D eigenvalue weighted by Gasteiger charge is 2.37. The Bertz CT molecular complexity index is 365. The fourth-order valence-corrected chi connectivity index (χ4v) is 2.59. The standard InChI is InChI=1S/C10H19NO4S/c1-10(9(12)13)4-3-5-11(8-10)6-7-16(2,14)15/h3-8H2,1-2H3,(H,12,13). The lowest BCUT2D eigenvalue weighted by Gasteiger charge is -2.37. The number of hydrogen-bond acceptors (Lipinski definition) is 4. The van der Waals surface area contributed by atoms with Crippen LogP contribution in [-0.4, -0.2) is 56.0 Å². The number of sulfone groups is 1. The molecule has 1 heterocycles. The fourth-order valence-electron chi connectivity index (χ4n) is 2.00. The molecule has 0 bridgehead atoms. The average Bonchev–Trinajstić information content (AvgIpc) is 2.14. The summed E-state index contributed by atoms with van der Waals surface area (Å²) in [4.78, 5) is 13.0. The van der Waals surface area contributed by atoms with Crippen molar-refractivity contribution in [2.24, 2.45) is 5.41 Å². The van der Waals surface area contributed by atoms with Crippen LogP contribution >= 0.6 is 0 Å². The highest BCUT2D eigenvalue weighted by Crippen LogP contribution is 2.29. The van der Waals surface area contributed by atoms with Crippen molar-refractivity contribution >= 4 is 15.8 Å². The lowest BCUT2D eigenvalue weighted by atomic mass is 9.82. The summed E-state index contributed by atoms with van der Waals surface area (Å²) in [6.45, 7) is 3.39. The molecule has 1 fully saturated rings. The van der Waals surface area contributed by atoms with Crippen LogP contribution in [-0.2, 0) is 14.6 Å². The Labute approximate surface area is 96.4 Å². The highest BCUT2D eigenvalue weighted by atomic mass is 32.2. The number of carbonyl (C=O) groups is 1. The zero-order valence-electron chi connectivity index (χ0n) is 9.77. The van der Waals surface area contributed by atoms with E-state index in [0.29, 0.717) is 19.5 Å². The molecule has 5 nitrogen and oxygen atoms in total. The summed E-state index contributed by atoms with van der Waals surface area (Å²) < 4.78 is 22.1. The van der Waals surface area contributed by atoms with Crippen molar-refractivity contribution in [3.63, 3.8) is 0 Å². The number of piperidine rings is 1. The predicted octanol–water partition coefficient (Wildman–Crippen LogP) is 0.218. The molecule has 1 N–H and O–H groups in total. The second-order valence-electron chi connectivity index (χ2n) is 4.88. The van der Waals surface area contributed by atoms with Gasteiger partial charge in [-0.2, -0.15) is 0 Å². The van der Waals surface area contributed by atoms with Gasteiger partial charge in [-0.05, 0) is 26.3 Å². The van der Waals surface area contributed by atoms with E-state index in [9.17, 15) is 13.2 Å². The molecule has 6 heteroatoms. The van der Waals surface area contributed by atoms with Crippen LogP contribution in [0.5, 0.6) is 0 Å². The first kappa shape index (κ1) is 13.4. The molecular formula is C10H19NO4S. The highest BCUT2D eigenvalue weighted by molar-refractivity contribution is 7.90. The van der Waals surface area contributed by atoms with Crippen LogP contribution in [0, 0.1) is 5.41 Å². The maximum absolute atomic E-state index is 11.1. The molecule has 1 unspecified atom stereocenters. The third-order valence-electron chi connectivity index (χ3n) is 3.07. The van der Waals surface area contributed by atoms with Gasteiger partial charge < -0.3 is 10.0 Å². The van der Waals surface area contributed by atoms with E-state index in [1.807, 2.05) is 4.90 Å². The monoisotopic (exact) mass is 249 g/mol. The van der Waals surface area contributed by atoms with Gasteiger partial charge in [-0.25, -0.2) is 8.42 Å². The molecular weight excluding hydrogens is 230 g/mol. The van der Waals surface area contributed by atoms with Crippen LogP contribution in [0.15, 0.2) is 0 Å². The molecule has 1 aliphatic heterocycles. The first-order valence-electron chi connectivity index (χ1n) is 5.36. The molecule has 0 aromatic rings. The Kier molecular flexibility index (Phi) is 3.96. The largest absolute Gasteiger partial charge is 0.481 e. The van der Waals surface area contributed by atoms with Crippen molar-refractivity contribution in [1.29, 1.82) is 0 Å². The van der Waals surface area contributed by atoms with Crippen LogP contribution in [0.2, 0.25) is 0 Å². The number of rotatable bonds is 4. The predicted molar refractivity (Wildman–Crippen MR) is 61.1 cm³/mol. The Morgan fingerprint density at radius 3 is 2.62 bits per heavy atom. The summed E-state index contributed by atoms with van der Waals surface area (Å²) in [5, 5.41) is 9.10. The first-order valence-corrected chi connectivity index (χ1v) is 7.42. The average molecular weight is 249 g/mol. The third-order valence-corrected chi connectivity index (χ3v) is 3.99. The van der Waals surface area contributed by atoms with Gasteiger partial charge in [-0.3, -0.25) is 4.79 Å². The smallest absolute Gasteiger partial charge is 0.310 e. The third kappa shape index (κ3) is 3.75. The van der Waals surface area contributed by atoms with E-state index in [0.717, 1.165) is 13.0 Å². The van der Waals surface area contributed by atoms with Gasteiger partial charge in [0.15, 0.2) is 0 Å². The summed E-state index contributed by atoms with van der Waals surface area (Å²) in [6, 6.07) is 0. The topological polar surface area (TPSA) is 74.7 Å². The minimum Gasteiger partial charge on any atom is -0.481 e. The number of carboxylic acids is 1. The van der Waals surface area contributed by atoms with Gasteiger partial charge in [0.2, 0.25) is 0 Å². The van der Waals surface area contributed by atoms with Crippen molar-refractivity contribution in [3.05, 3.63) is 0 Å². The summed E-state index contributed by atoms with van der Waals surface area (Å²) in [6.07, 6.45) is 2.68. The Morgan fingerprint density at radius 1 is 1.50 bits per heavy atom. The second kappa shape index (κ2) is 4.71. The van der Waals surface area contributed by atoms with Crippen LogP contribution in [0.3, 0.4) is 0 Å². The van der Waals surface area contributed by atoms with Gasteiger partial charge in [-0.1, -0.05) is 0 Å². The Hall–Kier alpha value is -0.620. The van der Waals surface area contributed by atoms with Crippen molar-refractivity contribution < 1.29 is 18.3 Å². The Morgan fingerprint density at radius 2 is 2.12 bits per heavy atom. The lowest BCUT2D eigenvalue weighted by molar-refractivity contribution is -0.151. The number of nitrogens with zero attached hydrogens (tertiary/aromatic N) is 1. The molecule has 1 aliphatic rings. The minimum atomic E-state index is -2.97. The number of aliphatic carboxylic acids is 1. The normalized spacial score (nSPS) is 27.9. The summed E-state index contributed by atoms with van der Waals surface area (Å²) in [5.41, 5.74) is -0.726. The van der Waals surface area contributed by atoms with Crippen LogP contribution in [0.25, 0.3) is 0 Å². The molecule has 1 rings (SSSR count). The first-order chi connectivity index (χ1) is 7.23.